The van der Waals surface area contributed by atoms with Gasteiger partial charge in [-0.2, -0.15) is 0 Å². The maximum absolute atomic E-state index is 10.5. The molecule has 2 heterocycles. The maximum Gasteiger partial charge on any atom is 0.193 e. The van der Waals surface area contributed by atoms with Gasteiger partial charge in [0.1, 0.15) is 0 Å². The molecule has 3 rings (SSSR count). The maximum atomic E-state index is 10.5. The van der Waals surface area contributed by atoms with Crippen LogP contribution in [0.3, 0.4) is 0 Å². The summed E-state index contributed by atoms with van der Waals surface area (Å²) in [6.45, 7) is 0. The summed E-state index contributed by atoms with van der Waals surface area (Å²) in [5, 5.41) is 12.5. The van der Waals surface area contributed by atoms with Gasteiger partial charge in [-0.25, -0.2) is 4.98 Å². The normalized spacial score (nSPS) is 20.3. The van der Waals surface area contributed by atoms with Crippen LogP contribution in [0.25, 0.3) is 4.96 Å². The zero-order valence-electron chi connectivity index (χ0n) is 11.3. The number of hydrogen-bond donors (Lipinski definition) is 1. The Morgan fingerprint density at radius 3 is 2.74 bits per heavy atom. The van der Waals surface area contributed by atoms with E-state index in [9.17, 15) is 5.11 Å². The average Bonchev–Trinajstić information content (AvgIpc) is 2.88. The molecule has 1 saturated carbocycles. The number of imidazole rings is 1. The first-order valence-electron chi connectivity index (χ1n) is 7.42. The second kappa shape index (κ2) is 6.06. The third kappa shape index (κ3) is 3.18. The highest BCUT2D eigenvalue weighted by molar-refractivity contribution is 7.15. The molecule has 3 nitrogen and oxygen atoms in total. The van der Waals surface area contributed by atoms with E-state index in [1.807, 2.05) is 16.0 Å². The van der Waals surface area contributed by atoms with E-state index < -0.39 is 0 Å². The number of rotatable bonds is 3. The summed E-state index contributed by atoms with van der Waals surface area (Å²) in [4.78, 5) is 5.60. The average molecular weight is 278 g/mol. The van der Waals surface area contributed by atoms with Crippen molar-refractivity contribution in [2.75, 3.05) is 0 Å². The van der Waals surface area contributed by atoms with E-state index in [1.54, 1.807) is 11.3 Å². The zero-order chi connectivity index (χ0) is 13.1. The lowest BCUT2D eigenvalue weighted by atomic mass is 9.86. The molecular weight excluding hydrogens is 256 g/mol. The molecule has 4 heteroatoms. The molecule has 0 radical (unpaired) electrons. The molecule has 0 saturated heterocycles. The van der Waals surface area contributed by atoms with Gasteiger partial charge in [0, 0.05) is 24.2 Å². The molecule has 1 aliphatic rings. The fourth-order valence-electron chi connectivity index (χ4n) is 3.13. The van der Waals surface area contributed by atoms with Crippen LogP contribution in [0.15, 0.2) is 17.8 Å². The molecule has 1 aliphatic carbocycles. The van der Waals surface area contributed by atoms with Crippen LogP contribution in [0.5, 0.6) is 0 Å². The molecule has 2 aromatic rings. The van der Waals surface area contributed by atoms with E-state index in [-0.39, 0.29) is 6.10 Å². The molecule has 2 aromatic heterocycles. The van der Waals surface area contributed by atoms with E-state index in [0.29, 0.717) is 12.3 Å². The molecule has 1 N–H and O–H groups in total. The molecule has 0 aromatic carbocycles. The number of thiazole rings is 1. The van der Waals surface area contributed by atoms with Crippen molar-refractivity contribution >= 4 is 16.3 Å². The lowest BCUT2D eigenvalue weighted by molar-refractivity contribution is 0.0906. The number of aliphatic hydroxyl groups is 1. The number of aromatic nitrogens is 2. The lowest BCUT2D eigenvalue weighted by Crippen LogP contribution is -2.24. The molecule has 1 unspecified atom stereocenters. The van der Waals surface area contributed by atoms with Crippen LogP contribution in [0, 0.1) is 5.92 Å². The minimum absolute atomic E-state index is 0.220. The quantitative estimate of drug-likeness (QED) is 0.930. The molecule has 19 heavy (non-hydrogen) atoms. The van der Waals surface area contributed by atoms with Gasteiger partial charge in [0.2, 0.25) is 0 Å². The van der Waals surface area contributed by atoms with E-state index in [4.69, 9.17) is 0 Å². The predicted molar refractivity (Wildman–Crippen MR) is 78.6 cm³/mol. The Morgan fingerprint density at radius 2 is 2.00 bits per heavy atom. The van der Waals surface area contributed by atoms with Crippen molar-refractivity contribution in [3.05, 3.63) is 23.5 Å². The summed E-state index contributed by atoms with van der Waals surface area (Å²) in [6, 6.07) is 0. The Balaban J connectivity index is 1.62. The highest BCUT2D eigenvalue weighted by Gasteiger charge is 2.21. The SMILES string of the molecule is OC(Cc1cn2ccsc2n1)C1CCCCCCC1. The topological polar surface area (TPSA) is 37.5 Å². The summed E-state index contributed by atoms with van der Waals surface area (Å²) in [5.74, 6) is 0.472. The molecule has 0 bridgehead atoms. The number of fused-ring (bicyclic) bond motifs is 1. The summed E-state index contributed by atoms with van der Waals surface area (Å²) < 4.78 is 2.05. The van der Waals surface area contributed by atoms with Gasteiger partial charge in [0.05, 0.1) is 11.8 Å². The van der Waals surface area contributed by atoms with E-state index in [1.165, 1.54) is 44.9 Å². The van der Waals surface area contributed by atoms with Gasteiger partial charge in [0.15, 0.2) is 4.96 Å². The van der Waals surface area contributed by atoms with Crippen molar-refractivity contribution in [1.82, 2.24) is 9.38 Å². The predicted octanol–water partition coefficient (Wildman–Crippen LogP) is 3.66. The fourth-order valence-corrected chi connectivity index (χ4v) is 3.85. The van der Waals surface area contributed by atoms with E-state index in [2.05, 4.69) is 11.2 Å². The first kappa shape index (κ1) is 13.1. The highest BCUT2D eigenvalue weighted by atomic mass is 32.1. The van der Waals surface area contributed by atoms with Crippen LogP contribution in [0.4, 0.5) is 0 Å². The Bertz CT molecular complexity index is 482. The standard InChI is InChI=1S/C15H22N2OS/c18-14(12-6-4-2-1-3-5-7-12)10-13-11-17-8-9-19-15(17)16-13/h8-9,11-12,14,18H,1-7,10H2. The molecule has 0 amide bonds. The number of hydrogen-bond acceptors (Lipinski definition) is 3. The van der Waals surface area contributed by atoms with Crippen molar-refractivity contribution in [3.63, 3.8) is 0 Å². The third-order valence-corrected chi connectivity index (χ3v) is 5.03. The molecule has 0 spiro atoms. The van der Waals surface area contributed by atoms with Crippen molar-refractivity contribution < 1.29 is 5.11 Å². The Hall–Kier alpha value is -0.870. The summed E-state index contributed by atoms with van der Waals surface area (Å²) >= 11 is 1.65. The number of nitrogens with zero attached hydrogens (tertiary/aromatic N) is 2. The molecule has 1 fully saturated rings. The molecular formula is C15H22N2OS. The minimum atomic E-state index is -0.220. The van der Waals surface area contributed by atoms with Gasteiger partial charge in [-0.05, 0) is 18.8 Å². The van der Waals surface area contributed by atoms with Crippen LogP contribution in [0.1, 0.15) is 50.6 Å². The summed E-state index contributed by atoms with van der Waals surface area (Å²) in [6.07, 6.45) is 13.5. The van der Waals surface area contributed by atoms with Crippen molar-refractivity contribution in [3.8, 4) is 0 Å². The molecule has 0 aliphatic heterocycles. The van der Waals surface area contributed by atoms with Gasteiger partial charge in [0.25, 0.3) is 0 Å². The smallest absolute Gasteiger partial charge is 0.193 e. The lowest BCUT2D eigenvalue weighted by Gasteiger charge is -2.24. The monoisotopic (exact) mass is 278 g/mol. The van der Waals surface area contributed by atoms with Crippen molar-refractivity contribution in [2.24, 2.45) is 5.92 Å². The van der Waals surface area contributed by atoms with Crippen LogP contribution < -0.4 is 0 Å². The molecule has 1 atom stereocenters. The Labute approximate surface area is 118 Å². The Kier molecular flexibility index (Phi) is 4.18. The largest absolute Gasteiger partial charge is 0.392 e. The zero-order valence-corrected chi connectivity index (χ0v) is 12.1. The van der Waals surface area contributed by atoms with Gasteiger partial charge in [-0.15, -0.1) is 11.3 Å². The summed E-state index contributed by atoms with van der Waals surface area (Å²) in [5.41, 5.74) is 1.03. The van der Waals surface area contributed by atoms with E-state index in [0.717, 1.165) is 10.7 Å². The first-order valence-corrected chi connectivity index (χ1v) is 8.30. The van der Waals surface area contributed by atoms with Crippen molar-refractivity contribution in [2.45, 2.75) is 57.5 Å². The van der Waals surface area contributed by atoms with Gasteiger partial charge in [-0.3, -0.25) is 4.40 Å². The van der Waals surface area contributed by atoms with Crippen LogP contribution in [0.2, 0.25) is 0 Å². The second-order valence-electron chi connectivity index (χ2n) is 5.70. The van der Waals surface area contributed by atoms with Gasteiger partial charge >= 0.3 is 0 Å². The van der Waals surface area contributed by atoms with Crippen LogP contribution in [-0.4, -0.2) is 20.6 Å². The summed E-state index contributed by atoms with van der Waals surface area (Å²) in [7, 11) is 0. The van der Waals surface area contributed by atoms with Crippen LogP contribution in [-0.2, 0) is 6.42 Å². The first-order chi connectivity index (χ1) is 9.33. The van der Waals surface area contributed by atoms with Crippen molar-refractivity contribution in [1.29, 1.82) is 0 Å². The van der Waals surface area contributed by atoms with Crippen LogP contribution >= 0.6 is 11.3 Å². The Morgan fingerprint density at radius 1 is 1.26 bits per heavy atom. The van der Waals surface area contributed by atoms with E-state index >= 15 is 0 Å². The minimum Gasteiger partial charge on any atom is -0.392 e. The van der Waals surface area contributed by atoms with Gasteiger partial charge < -0.3 is 5.11 Å². The second-order valence-corrected chi connectivity index (χ2v) is 6.57. The number of aliphatic hydroxyl groups excluding tert-OH is 1. The third-order valence-electron chi connectivity index (χ3n) is 4.26. The fraction of sp³-hybridized carbons (Fsp3) is 0.667. The molecule has 104 valence electrons. The highest BCUT2D eigenvalue weighted by Crippen LogP contribution is 2.26. The van der Waals surface area contributed by atoms with Gasteiger partial charge in [-0.1, -0.05) is 32.1 Å².